The first kappa shape index (κ1) is 12.0. The summed E-state index contributed by atoms with van der Waals surface area (Å²) in [4.78, 5) is 7.35. The van der Waals surface area contributed by atoms with Crippen LogP contribution in [-0.4, -0.2) is 36.1 Å². The zero-order chi connectivity index (χ0) is 12.7. The van der Waals surface area contributed by atoms with Crippen molar-refractivity contribution < 1.29 is 0 Å². The molecule has 19 heavy (non-hydrogen) atoms. The second-order valence-electron chi connectivity index (χ2n) is 5.53. The van der Waals surface area contributed by atoms with E-state index in [-0.39, 0.29) is 0 Å². The van der Waals surface area contributed by atoms with Crippen LogP contribution in [0.3, 0.4) is 0 Å². The highest BCUT2D eigenvalue weighted by Crippen LogP contribution is 2.29. The highest BCUT2D eigenvalue weighted by molar-refractivity contribution is 7.14. The minimum atomic E-state index is 0.870. The van der Waals surface area contributed by atoms with E-state index < -0.39 is 0 Å². The summed E-state index contributed by atoms with van der Waals surface area (Å²) in [7, 11) is 0. The number of aromatic nitrogens is 1. The maximum absolute atomic E-state index is 4.78. The third-order valence-electron chi connectivity index (χ3n) is 4.17. The van der Waals surface area contributed by atoms with Crippen molar-refractivity contribution in [3.63, 3.8) is 0 Å². The summed E-state index contributed by atoms with van der Waals surface area (Å²) in [5.74, 6) is 1.74. The van der Waals surface area contributed by atoms with Crippen LogP contribution in [0.15, 0.2) is 22.2 Å². The first-order valence-corrected chi connectivity index (χ1v) is 8.61. The van der Waals surface area contributed by atoms with Crippen LogP contribution < -0.4 is 5.32 Å². The van der Waals surface area contributed by atoms with Gasteiger partial charge in [-0.15, -0.1) is 11.3 Å². The Labute approximate surface area is 121 Å². The molecule has 100 valence electrons. The van der Waals surface area contributed by atoms with Gasteiger partial charge in [-0.25, -0.2) is 4.98 Å². The molecule has 4 rings (SSSR count). The molecule has 2 fully saturated rings. The van der Waals surface area contributed by atoms with Gasteiger partial charge in [0.05, 0.1) is 5.69 Å². The maximum Gasteiger partial charge on any atom is 0.124 e. The Hall–Kier alpha value is -0.750. The van der Waals surface area contributed by atoms with E-state index in [2.05, 4.69) is 32.4 Å². The van der Waals surface area contributed by atoms with Gasteiger partial charge in [-0.3, -0.25) is 4.90 Å². The number of hydrogen-bond acceptors (Lipinski definition) is 5. The van der Waals surface area contributed by atoms with Gasteiger partial charge in [0, 0.05) is 36.0 Å². The second kappa shape index (κ2) is 4.98. The maximum atomic E-state index is 4.78. The molecule has 0 aromatic carbocycles. The quantitative estimate of drug-likeness (QED) is 0.942. The highest BCUT2D eigenvalue weighted by atomic mass is 32.1. The number of rotatable bonds is 3. The van der Waals surface area contributed by atoms with Crippen LogP contribution in [0.4, 0.5) is 0 Å². The molecule has 0 saturated carbocycles. The number of thiophene rings is 1. The Morgan fingerprint density at radius 1 is 1.26 bits per heavy atom. The van der Waals surface area contributed by atoms with Crippen molar-refractivity contribution in [3.8, 4) is 10.6 Å². The van der Waals surface area contributed by atoms with Crippen LogP contribution in [0, 0.1) is 11.8 Å². The van der Waals surface area contributed by atoms with E-state index in [1.165, 1.54) is 37.4 Å². The third-order valence-corrected chi connectivity index (χ3v) is 5.79. The lowest BCUT2D eigenvalue weighted by molar-refractivity contribution is 0.302. The standard InChI is InChI=1S/C14H17N3S2/c1-2-18-8-10(1)14-16-13(9-19-14)7-17-5-11-3-15-4-12(11)6-17/h1-2,8-9,11-12,15H,3-7H2. The minimum absolute atomic E-state index is 0.870. The van der Waals surface area contributed by atoms with E-state index >= 15 is 0 Å². The molecule has 0 radical (unpaired) electrons. The molecule has 2 aromatic heterocycles. The molecule has 2 aromatic rings. The van der Waals surface area contributed by atoms with E-state index in [1.807, 2.05) is 0 Å². The van der Waals surface area contributed by atoms with Gasteiger partial charge in [0.1, 0.15) is 5.01 Å². The molecule has 2 aliphatic heterocycles. The Morgan fingerprint density at radius 2 is 2.11 bits per heavy atom. The van der Waals surface area contributed by atoms with Crippen LogP contribution in [0.5, 0.6) is 0 Å². The topological polar surface area (TPSA) is 28.2 Å². The average Bonchev–Trinajstić information content (AvgIpc) is 3.12. The first-order valence-electron chi connectivity index (χ1n) is 6.78. The minimum Gasteiger partial charge on any atom is -0.316 e. The molecule has 0 amide bonds. The number of thiazole rings is 1. The second-order valence-corrected chi connectivity index (χ2v) is 7.17. The summed E-state index contributed by atoms with van der Waals surface area (Å²) in [5.41, 5.74) is 2.50. The van der Waals surface area contributed by atoms with Crippen molar-refractivity contribution in [1.82, 2.24) is 15.2 Å². The van der Waals surface area contributed by atoms with E-state index in [0.717, 1.165) is 23.4 Å². The van der Waals surface area contributed by atoms with E-state index in [4.69, 9.17) is 4.98 Å². The van der Waals surface area contributed by atoms with Crippen LogP contribution in [0.1, 0.15) is 5.69 Å². The molecule has 0 bridgehead atoms. The largest absolute Gasteiger partial charge is 0.316 e. The van der Waals surface area contributed by atoms with E-state index in [1.54, 1.807) is 22.7 Å². The summed E-state index contributed by atoms with van der Waals surface area (Å²) in [6, 6.07) is 2.15. The summed E-state index contributed by atoms with van der Waals surface area (Å²) < 4.78 is 0. The fourth-order valence-corrected chi connectivity index (χ4v) is 4.73. The van der Waals surface area contributed by atoms with Crippen LogP contribution in [0.25, 0.3) is 10.6 Å². The Balaban J connectivity index is 1.44. The normalized spacial score (nSPS) is 26.9. The Kier molecular flexibility index (Phi) is 3.15. The lowest BCUT2D eigenvalue weighted by atomic mass is 10.0. The molecule has 2 atom stereocenters. The summed E-state index contributed by atoms with van der Waals surface area (Å²) in [6.45, 7) is 5.91. The molecule has 2 saturated heterocycles. The van der Waals surface area contributed by atoms with E-state index in [0.29, 0.717) is 0 Å². The van der Waals surface area contributed by atoms with Gasteiger partial charge in [-0.05, 0) is 36.4 Å². The van der Waals surface area contributed by atoms with Crippen LogP contribution in [0.2, 0.25) is 0 Å². The monoisotopic (exact) mass is 291 g/mol. The summed E-state index contributed by atoms with van der Waals surface area (Å²) in [6.07, 6.45) is 0. The zero-order valence-corrected chi connectivity index (χ0v) is 12.3. The molecular weight excluding hydrogens is 274 g/mol. The van der Waals surface area contributed by atoms with E-state index in [9.17, 15) is 0 Å². The fourth-order valence-electron chi connectivity index (χ4n) is 3.21. The molecule has 1 N–H and O–H groups in total. The number of fused-ring (bicyclic) bond motifs is 1. The first-order chi connectivity index (χ1) is 9.38. The number of nitrogens with one attached hydrogen (secondary N) is 1. The van der Waals surface area contributed by atoms with Crippen molar-refractivity contribution in [2.45, 2.75) is 6.54 Å². The van der Waals surface area contributed by atoms with Crippen molar-refractivity contribution in [2.24, 2.45) is 11.8 Å². The highest BCUT2D eigenvalue weighted by Gasteiger charge is 2.35. The number of hydrogen-bond donors (Lipinski definition) is 1. The molecular formula is C14H17N3S2. The number of nitrogens with zero attached hydrogens (tertiary/aromatic N) is 2. The van der Waals surface area contributed by atoms with Gasteiger partial charge < -0.3 is 5.32 Å². The predicted octanol–water partition coefficient (Wildman–Crippen LogP) is 2.52. The Bertz CT molecular complexity index is 537. The molecule has 0 spiro atoms. The van der Waals surface area contributed by atoms with Crippen LogP contribution >= 0.6 is 22.7 Å². The molecule has 3 nitrogen and oxygen atoms in total. The summed E-state index contributed by atoms with van der Waals surface area (Å²) >= 11 is 3.51. The average molecular weight is 291 g/mol. The van der Waals surface area contributed by atoms with Gasteiger partial charge in [0.25, 0.3) is 0 Å². The molecule has 5 heteroatoms. The molecule has 2 unspecified atom stereocenters. The number of likely N-dealkylation sites (tertiary alicyclic amines) is 1. The zero-order valence-electron chi connectivity index (χ0n) is 10.7. The Morgan fingerprint density at radius 3 is 2.84 bits per heavy atom. The van der Waals surface area contributed by atoms with Crippen molar-refractivity contribution in [2.75, 3.05) is 26.2 Å². The molecule has 4 heterocycles. The molecule has 0 aliphatic carbocycles. The van der Waals surface area contributed by atoms with Crippen molar-refractivity contribution in [3.05, 3.63) is 27.9 Å². The van der Waals surface area contributed by atoms with Gasteiger partial charge in [-0.1, -0.05) is 0 Å². The smallest absolute Gasteiger partial charge is 0.124 e. The fraction of sp³-hybridized carbons (Fsp3) is 0.500. The summed E-state index contributed by atoms with van der Waals surface area (Å²) in [5, 5.41) is 11.2. The van der Waals surface area contributed by atoms with Gasteiger partial charge in [0.15, 0.2) is 0 Å². The van der Waals surface area contributed by atoms with Gasteiger partial charge in [0.2, 0.25) is 0 Å². The lowest BCUT2D eigenvalue weighted by Gasteiger charge is -2.15. The third kappa shape index (κ3) is 2.36. The van der Waals surface area contributed by atoms with Crippen LogP contribution in [-0.2, 0) is 6.54 Å². The van der Waals surface area contributed by atoms with Crippen molar-refractivity contribution >= 4 is 22.7 Å². The van der Waals surface area contributed by atoms with Gasteiger partial charge >= 0.3 is 0 Å². The van der Waals surface area contributed by atoms with Gasteiger partial charge in [-0.2, -0.15) is 11.3 Å². The SMILES string of the molecule is c1cc(-c2nc(CN3CC4CNCC4C3)cs2)cs1. The molecule has 2 aliphatic rings. The lowest BCUT2D eigenvalue weighted by Crippen LogP contribution is -2.25. The van der Waals surface area contributed by atoms with Crippen molar-refractivity contribution in [1.29, 1.82) is 0 Å². The predicted molar refractivity (Wildman–Crippen MR) is 80.6 cm³/mol.